The third kappa shape index (κ3) is 4.93. The number of rotatable bonds is 6. The molecule has 2 aromatic heterocycles. The van der Waals surface area contributed by atoms with E-state index in [2.05, 4.69) is 30.9 Å². The molecule has 7 N–H and O–H groups in total. The Balaban J connectivity index is 1.31. The molecule has 0 atom stereocenters. The van der Waals surface area contributed by atoms with Gasteiger partial charge in [-0.1, -0.05) is 23.2 Å². The first-order valence-electron chi connectivity index (χ1n) is 11.2. The zero-order valence-corrected chi connectivity index (χ0v) is 18.1. The number of hydrogen-bond acceptors (Lipinski definition) is 6. The Bertz CT molecular complexity index is 1230. The number of carbonyl (C=O) groups excluding carboxylic acids is 1. The minimum Gasteiger partial charge on any atom is -0.337 e. The Morgan fingerprint density at radius 3 is 2.48 bits per heavy atom. The number of imidazole rings is 1. The Labute approximate surface area is 191 Å². The summed E-state index contributed by atoms with van der Waals surface area (Å²) in [5.74, 6) is 1.06. The molecule has 0 unspecified atom stereocenters. The minimum atomic E-state index is -0.158. The average Bonchev–Trinajstić information content (AvgIpc) is 3.31. The van der Waals surface area contributed by atoms with E-state index in [0.717, 1.165) is 42.6 Å². The van der Waals surface area contributed by atoms with Crippen molar-refractivity contribution in [1.29, 1.82) is 0 Å². The molecule has 0 aliphatic heterocycles. The lowest BCUT2D eigenvalue weighted by atomic mass is 9.92. The highest BCUT2D eigenvalue weighted by molar-refractivity contribution is 6.04. The van der Waals surface area contributed by atoms with E-state index in [1.54, 1.807) is 18.5 Å². The highest BCUT2D eigenvalue weighted by atomic mass is 16.1. The number of para-hydroxylation sites is 1. The van der Waals surface area contributed by atoms with Crippen LogP contribution < -0.4 is 26.7 Å². The van der Waals surface area contributed by atoms with Crippen molar-refractivity contribution in [2.75, 3.05) is 16.0 Å². The second-order valence-electron chi connectivity index (χ2n) is 8.33. The number of nitrogens with one attached hydrogen (secondary N) is 5. The van der Waals surface area contributed by atoms with E-state index < -0.39 is 0 Å². The molecular formula is C24H27N8O+. The lowest BCUT2D eigenvalue weighted by molar-refractivity contribution is -0.347. The van der Waals surface area contributed by atoms with Crippen LogP contribution >= 0.6 is 0 Å². The second kappa shape index (κ2) is 9.25. The topological polar surface area (TPSA) is 135 Å². The SMILES string of the molecule is NC1CCC(Nc2nc(Nc3ccc(C(=O)Nc4ccccc4)cc3)c3[nH]c[nH+]c3n2)CC1. The van der Waals surface area contributed by atoms with Gasteiger partial charge >= 0.3 is 11.6 Å². The van der Waals surface area contributed by atoms with Crippen molar-refractivity contribution in [3.8, 4) is 0 Å². The van der Waals surface area contributed by atoms with Crippen molar-refractivity contribution in [1.82, 2.24) is 15.0 Å². The fraction of sp³-hybridized carbons (Fsp3) is 0.250. The van der Waals surface area contributed by atoms with Gasteiger partial charge in [-0.25, -0.2) is 4.98 Å². The van der Waals surface area contributed by atoms with Crippen LogP contribution in [0.25, 0.3) is 11.2 Å². The number of nitrogens with zero attached hydrogens (tertiary/aromatic N) is 2. The molecule has 9 nitrogen and oxygen atoms in total. The maximum Gasteiger partial charge on any atom is 0.307 e. The van der Waals surface area contributed by atoms with Gasteiger partial charge in [0.2, 0.25) is 5.52 Å². The summed E-state index contributed by atoms with van der Waals surface area (Å²) in [4.78, 5) is 28.1. The monoisotopic (exact) mass is 443 g/mol. The number of H-pyrrole nitrogens is 2. The van der Waals surface area contributed by atoms with E-state index in [1.165, 1.54) is 0 Å². The number of hydrogen-bond donors (Lipinski definition) is 5. The fourth-order valence-corrected chi connectivity index (χ4v) is 4.05. The van der Waals surface area contributed by atoms with E-state index >= 15 is 0 Å². The molecule has 2 aromatic carbocycles. The number of benzene rings is 2. The number of aromatic amines is 2. The Morgan fingerprint density at radius 2 is 1.73 bits per heavy atom. The van der Waals surface area contributed by atoms with Crippen molar-refractivity contribution < 1.29 is 9.78 Å². The van der Waals surface area contributed by atoms with E-state index in [9.17, 15) is 4.79 Å². The number of carbonyl (C=O) groups is 1. The summed E-state index contributed by atoms with van der Waals surface area (Å²) >= 11 is 0. The van der Waals surface area contributed by atoms with Gasteiger partial charge in [0.05, 0.1) is 0 Å². The zero-order valence-electron chi connectivity index (χ0n) is 18.1. The van der Waals surface area contributed by atoms with Crippen LogP contribution in [0.2, 0.25) is 0 Å². The number of anilines is 4. The molecule has 9 heteroatoms. The first kappa shape index (κ1) is 20.9. The quantitative estimate of drug-likeness (QED) is 0.310. The van der Waals surface area contributed by atoms with Gasteiger partial charge in [0, 0.05) is 29.0 Å². The van der Waals surface area contributed by atoms with Crippen LogP contribution in [0.15, 0.2) is 60.9 Å². The molecule has 4 aromatic rings. The van der Waals surface area contributed by atoms with Crippen molar-refractivity contribution in [2.24, 2.45) is 5.73 Å². The van der Waals surface area contributed by atoms with Crippen LogP contribution in [-0.2, 0) is 0 Å². The molecule has 0 radical (unpaired) electrons. The van der Waals surface area contributed by atoms with E-state index in [4.69, 9.17) is 10.7 Å². The second-order valence-corrected chi connectivity index (χ2v) is 8.33. The lowest BCUT2D eigenvalue weighted by Crippen LogP contribution is -2.33. The van der Waals surface area contributed by atoms with Gasteiger partial charge in [-0.2, -0.15) is 4.98 Å². The third-order valence-corrected chi connectivity index (χ3v) is 5.88. The molecule has 1 fully saturated rings. The van der Waals surface area contributed by atoms with Gasteiger partial charge in [0.25, 0.3) is 5.91 Å². The van der Waals surface area contributed by atoms with E-state index in [-0.39, 0.29) is 5.91 Å². The van der Waals surface area contributed by atoms with Crippen molar-refractivity contribution in [3.05, 3.63) is 66.5 Å². The Hall–Kier alpha value is -3.98. The molecule has 5 rings (SSSR count). The molecule has 1 aliphatic rings. The highest BCUT2D eigenvalue weighted by Crippen LogP contribution is 2.25. The van der Waals surface area contributed by atoms with Crippen LogP contribution in [0.3, 0.4) is 0 Å². The van der Waals surface area contributed by atoms with Gasteiger partial charge in [0.15, 0.2) is 12.1 Å². The van der Waals surface area contributed by atoms with Gasteiger partial charge < -0.3 is 21.7 Å². The molecule has 1 aliphatic carbocycles. The molecule has 33 heavy (non-hydrogen) atoms. The third-order valence-electron chi connectivity index (χ3n) is 5.88. The van der Waals surface area contributed by atoms with Crippen LogP contribution in [-0.4, -0.2) is 32.9 Å². The first-order chi connectivity index (χ1) is 16.1. The van der Waals surface area contributed by atoms with Crippen LogP contribution in [0.4, 0.5) is 23.1 Å². The van der Waals surface area contributed by atoms with Crippen LogP contribution in [0.5, 0.6) is 0 Å². The smallest absolute Gasteiger partial charge is 0.307 e. The van der Waals surface area contributed by atoms with Crippen LogP contribution in [0.1, 0.15) is 36.0 Å². The molecule has 1 saturated carbocycles. The largest absolute Gasteiger partial charge is 0.337 e. The maximum absolute atomic E-state index is 12.5. The summed E-state index contributed by atoms with van der Waals surface area (Å²) in [6.45, 7) is 0. The molecule has 0 spiro atoms. The summed E-state index contributed by atoms with van der Waals surface area (Å²) in [6.07, 6.45) is 5.76. The lowest BCUT2D eigenvalue weighted by Gasteiger charge is -2.26. The van der Waals surface area contributed by atoms with Crippen molar-refractivity contribution in [3.63, 3.8) is 0 Å². The summed E-state index contributed by atoms with van der Waals surface area (Å²) in [7, 11) is 0. The predicted octanol–water partition coefficient (Wildman–Crippen LogP) is 3.45. The zero-order chi connectivity index (χ0) is 22.6. The molecule has 2 heterocycles. The van der Waals surface area contributed by atoms with Crippen molar-refractivity contribution in [2.45, 2.75) is 37.8 Å². The summed E-state index contributed by atoms with van der Waals surface area (Å²) in [6, 6.07) is 17.3. The Kier molecular flexibility index (Phi) is 5.86. The highest BCUT2D eigenvalue weighted by Gasteiger charge is 2.22. The Morgan fingerprint density at radius 1 is 0.970 bits per heavy atom. The number of fused-ring (bicyclic) bond motifs is 1. The fourth-order valence-electron chi connectivity index (χ4n) is 4.05. The van der Waals surface area contributed by atoms with E-state index in [1.807, 2.05) is 42.5 Å². The molecule has 1 amide bonds. The summed E-state index contributed by atoms with van der Waals surface area (Å²) < 4.78 is 0. The number of nitrogens with two attached hydrogens (primary N) is 1. The van der Waals surface area contributed by atoms with Gasteiger partial charge in [0.1, 0.15) is 0 Å². The average molecular weight is 444 g/mol. The number of aromatic nitrogens is 4. The van der Waals surface area contributed by atoms with Gasteiger partial charge in [-0.3, -0.25) is 9.78 Å². The van der Waals surface area contributed by atoms with Crippen LogP contribution in [0, 0.1) is 0 Å². The minimum absolute atomic E-state index is 0.158. The van der Waals surface area contributed by atoms with Gasteiger partial charge in [-0.05, 0) is 62.1 Å². The first-order valence-corrected chi connectivity index (χ1v) is 11.2. The maximum atomic E-state index is 12.5. The molecule has 0 bridgehead atoms. The number of amides is 1. The molecule has 0 saturated heterocycles. The van der Waals surface area contributed by atoms with Crippen molar-refractivity contribution >= 4 is 40.2 Å². The van der Waals surface area contributed by atoms with Gasteiger partial charge in [-0.15, -0.1) is 0 Å². The normalized spacial score (nSPS) is 18.1. The van der Waals surface area contributed by atoms with E-state index in [0.29, 0.717) is 35.1 Å². The summed E-state index contributed by atoms with van der Waals surface area (Å²) in [5.41, 5.74) is 9.66. The predicted molar refractivity (Wildman–Crippen MR) is 128 cm³/mol. The summed E-state index contributed by atoms with van der Waals surface area (Å²) in [5, 5.41) is 9.68. The molecule has 168 valence electrons. The standard InChI is InChI=1S/C24H26N8O/c25-16-8-12-19(13-9-16)30-24-31-21-20(26-14-27-21)22(32-24)28-18-10-6-15(7-11-18)23(33)29-17-4-2-1-3-5-17/h1-7,10-11,14,16,19H,8-9,12-13,25H2,(H,29,33)(H3,26,27,28,30,31,32)/p+1. The molecular weight excluding hydrogens is 416 g/mol.